The summed E-state index contributed by atoms with van der Waals surface area (Å²) in [4.78, 5) is 0.542. The quantitative estimate of drug-likeness (QED) is 0.242. The molecule has 5 heteroatoms. The second kappa shape index (κ2) is 10.8. The molecule has 4 aromatic rings. The molecule has 0 saturated carbocycles. The van der Waals surface area contributed by atoms with E-state index in [1.54, 1.807) is 43.5 Å². The van der Waals surface area contributed by atoms with Crippen LogP contribution in [0.3, 0.4) is 0 Å². The fourth-order valence-corrected chi connectivity index (χ4v) is 6.11. The van der Waals surface area contributed by atoms with E-state index < -0.39 is 9.84 Å². The molecule has 0 N–H and O–H groups in total. The lowest BCUT2D eigenvalue weighted by Gasteiger charge is -2.15. The lowest BCUT2D eigenvalue weighted by atomic mass is 9.97. The second-order valence-electron chi connectivity index (χ2n) is 9.57. The highest BCUT2D eigenvalue weighted by Crippen LogP contribution is 2.33. The Balaban J connectivity index is 1.52. The smallest absolute Gasteiger partial charge is 0.206 e. The minimum atomic E-state index is -3.58. The number of hydrogen-bond acceptors (Lipinski definition) is 4. The first-order valence-electron chi connectivity index (χ1n) is 12.5. The van der Waals surface area contributed by atoms with Crippen LogP contribution in [0.25, 0.3) is 0 Å². The normalized spacial score (nSPS) is 11.4. The van der Waals surface area contributed by atoms with E-state index in [0.29, 0.717) is 10.6 Å². The summed E-state index contributed by atoms with van der Waals surface area (Å²) in [5.41, 5.74) is 7.89. The van der Waals surface area contributed by atoms with E-state index in [4.69, 9.17) is 9.47 Å². The Morgan fingerprint density at radius 1 is 0.622 bits per heavy atom. The van der Waals surface area contributed by atoms with Gasteiger partial charge in [-0.3, -0.25) is 0 Å². The van der Waals surface area contributed by atoms with Gasteiger partial charge in [-0.2, -0.15) is 0 Å². The first kappa shape index (κ1) is 26.5. The van der Waals surface area contributed by atoms with Crippen LogP contribution in [-0.2, 0) is 22.7 Å². The Hall–Kier alpha value is -3.57. The van der Waals surface area contributed by atoms with Crippen molar-refractivity contribution in [2.75, 3.05) is 7.11 Å². The number of hydrogen-bond donors (Lipinski definition) is 0. The summed E-state index contributed by atoms with van der Waals surface area (Å²) in [5.74, 6) is 2.32. The Morgan fingerprint density at radius 2 is 1.05 bits per heavy atom. The van der Waals surface area contributed by atoms with E-state index in [-0.39, 0.29) is 4.90 Å². The zero-order valence-electron chi connectivity index (χ0n) is 22.4. The predicted octanol–water partition coefficient (Wildman–Crippen LogP) is 7.71. The molecule has 0 fully saturated rings. The van der Waals surface area contributed by atoms with E-state index in [9.17, 15) is 8.42 Å². The zero-order valence-corrected chi connectivity index (χ0v) is 23.2. The van der Waals surface area contributed by atoms with Crippen LogP contribution in [0.2, 0.25) is 0 Å². The predicted molar refractivity (Wildman–Crippen MR) is 149 cm³/mol. The summed E-state index contributed by atoms with van der Waals surface area (Å²) in [6.07, 6.45) is 1.69. The summed E-state index contributed by atoms with van der Waals surface area (Å²) in [6, 6.07) is 22.3. The maximum absolute atomic E-state index is 13.0. The van der Waals surface area contributed by atoms with Crippen molar-refractivity contribution in [3.8, 4) is 17.2 Å². The highest BCUT2D eigenvalue weighted by Gasteiger charge is 2.18. The number of rotatable bonds is 8. The van der Waals surface area contributed by atoms with Gasteiger partial charge in [-0.25, -0.2) is 8.42 Å². The van der Waals surface area contributed by atoms with E-state index in [1.165, 1.54) is 11.1 Å². The summed E-state index contributed by atoms with van der Waals surface area (Å²) < 4.78 is 37.8. The van der Waals surface area contributed by atoms with Crippen molar-refractivity contribution in [3.63, 3.8) is 0 Å². The van der Waals surface area contributed by atoms with Gasteiger partial charge in [0.1, 0.15) is 17.2 Å². The van der Waals surface area contributed by atoms with Gasteiger partial charge >= 0.3 is 0 Å². The van der Waals surface area contributed by atoms with Crippen LogP contribution >= 0.6 is 0 Å². The molecule has 4 nitrogen and oxygen atoms in total. The van der Waals surface area contributed by atoms with Gasteiger partial charge in [0.15, 0.2) is 0 Å². The molecule has 4 rings (SSSR count). The fraction of sp³-hybridized carbons (Fsp3) is 0.250. The van der Waals surface area contributed by atoms with Gasteiger partial charge in [0, 0.05) is 0 Å². The molecule has 0 amide bonds. The highest BCUT2D eigenvalue weighted by molar-refractivity contribution is 7.91. The van der Waals surface area contributed by atoms with Gasteiger partial charge in [-0.15, -0.1) is 0 Å². The van der Waals surface area contributed by atoms with E-state index >= 15 is 0 Å². The Bertz CT molecular complexity index is 1470. The molecule has 192 valence electrons. The number of aryl methyl sites for hydroxylation is 5. The number of methoxy groups -OCH3 is 1. The van der Waals surface area contributed by atoms with Crippen LogP contribution in [0.5, 0.6) is 17.2 Å². The largest absolute Gasteiger partial charge is 0.496 e. The van der Waals surface area contributed by atoms with E-state index in [1.807, 2.05) is 32.9 Å². The Kier molecular flexibility index (Phi) is 7.74. The van der Waals surface area contributed by atoms with Crippen LogP contribution in [0, 0.1) is 27.7 Å². The first-order chi connectivity index (χ1) is 17.6. The Morgan fingerprint density at radius 3 is 1.49 bits per heavy atom. The van der Waals surface area contributed by atoms with Crippen molar-refractivity contribution in [2.45, 2.75) is 57.3 Å². The summed E-state index contributed by atoms with van der Waals surface area (Å²) in [5, 5.41) is 0. The zero-order chi connectivity index (χ0) is 26.7. The molecule has 0 radical (unpaired) electrons. The van der Waals surface area contributed by atoms with Crippen molar-refractivity contribution in [3.05, 3.63) is 112 Å². The topological polar surface area (TPSA) is 52.6 Å². The molecule has 0 aliphatic heterocycles. The highest BCUT2D eigenvalue weighted by atomic mass is 32.2. The van der Waals surface area contributed by atoms with Gasteiger partial charge in [0.25, 0.3) is 0 Å². The average Bonchev–Trinajstić information content (AvgIpc) is 2.86. The minimum Gasteiger partial charge on any atom is -0.496 e. The average molecular weight is 515 g/mol. The molecular weight excluding hydrogens is 480 g/mol. The van der Waals surface area contributed by atoms with Crippen molar-refractivity contribution >= 4 is 9.84 Å². The molecule has 0 atom stereocenters. The SMILES string of the molecule is CCc1ccc(S(=O)(=O)c2ccc(Oc3c(C)cc(Cc4cc(C)c(OC)c(C)c4)cc3C)cc2)cc1. The maximum Gasteiger partial charge on any atom is 0.206 e. The van der Waals surface area contributed by atoms with Crippen LogP contribution in [-0.4, -0.2) is 15.5 Å². The molecule has 4 aromatic carbocycles. The second-order valence-corrected chi connectivity index (χ2v) is 11.5. The molecule has 0 aromatic heterocycles. The fourth-order valence-electron chi connectivity index (χ4n) is 4.85. The van der Waals surface area contributed by atoms with Gasteiger partial charge in [0.2, 0.25) is 9.84 Å². The van der Waals surface area contributed by atoms with Gasteiger partial charge in [-0.1, -0.05) is 43.3 Å². The summed E-state index contributed by atoms with van der Waals surface area (Å²) in [7, 11) is -1.87. The molecular formula is C32H34O4S. The lowest BCUT2D eigenvalue weighted by molar-refractivity contribution is 0.408. The van der Waals surface area contributed by atoms with Crippen molar-refractivity contribution < 1.29 is 17.9 Å². The van der Waals surface area contributed by atoms with Crippen molar-refractivity contribution in [1.29, 1.82) is 0 Å². The van der Waals surface area contributed by atoms with Gasteiger partial charge in [-0.05, 0) is 116 Å². The summed E-state index contributed by atoms with van der Waals surface area (Å²) in [6.45, 7) is 10.3. The molecule has 0 unspecified atom stereocenters. The van der Waals surface area contributed by atoms with Crippen LogP contribution in [0.15, 0.2) is 82.6 Å². The summed E-state index contributed by atoms with van der Waals surface area (Å²) >= 11 is 0. The monoisotopic (exact) mass is 514 g/mol. The third-order valence-corrected chi connectivity index (χ3v) is 8.43. The molecule has 0 bridgehead atoms. The van der Waals surface area contributed by atoms with E-state index in [0.717, 1.165) is 52.2 Å². The van der Waals surface area contributed by atoms with Crippen LogP contribution in [0.1, 0.15) is 45.9 Å². The minimum absolute atomic E-state index is 0.248. The molecule has 37 heavy (non-hydrogen) atoms. The molecule has 0 spiro atoms. The molecule has 0 saturated heterocycles. The molecule has 0 aliphatic rings. The number of ether oxygens (including phenoxy) is 2. The third-order valence-electron chi connectivity index (χ3n) is 6.65. The first-order valence-corrected chi connectivity index (χ1v) is 14.0. The van der Waals surface area contributed by atoms with Crippen molar-refractivity contribution in [2.24, 2.45) is 0 Å². The van der Waals surface area contributed by atoms with Gasteiger partial charge < -0.3 is 9.47 Å². The van der Waals surface area contributed by atoms with Crippen LogP contribution in [0.4, 0.5) is 0 Å². The van der Waals surface area contributed by atoms with E-state index in [2.05, 4.69) is 38.1 Å². The lowest BCUT2D eigenvalue weighted by Crippen LogP contribution is -2.02. The van der Waals surface area contributed by atoms with Gasteiger partial charge in [0.05, 0.1) is 16.9 Å². The molecule has 0 aliphatic carbocycles. The number of sulfone groups is 1. The third kappa shape index (κ3) is 5.72. The molecule has 0 heterocycles. The Labute approximate surface area is 220 Å². The van der Waals surface area contributed by atoms with Crippen LogP contribution < -0.4 is 9.47 Å². The van der Waals surface area contributed by atoms with Crippen molar-refractivity contribution in [1.82, 2.24) is 0 Å². The number of benzene rings is 4. The maximum atomic E-state index is 13.0. The standard InChI is InChI=1S/C32H34O4S/c1-7-25-8-12-29(13-9-25)37(33,34)30-14-10-28(11-15-30)36-32-23(4)18-27(19-24(32)5)20-26-16-21(2)31(35-6)22(3)17-26/h8-19H,7,20H2,1-6H3.